The van der Waals surface area contributed by atoms with Gasteiger partial charge in [-0.2, -0.15) is 0 Å². The Morgan fingerprint density at radius 3 is 2.22 bits per heavy atom. The number of nitrogens with one attached hydrogen (secondary N) is 2. The van der Waals surface area contributed by atoms with Crippen molar-refractivity contribution >= 4 is 41.6 Å². The van der Waals surface area contributed by atoms with Crippen molar-refractivity contribution in [1.82, 2.24) is 5.32 Å². The second-order valence-electron chi connectivity index (χ2n) is 9.32. The quantitative estimate of drug-likeness (QED) is 0.170. The van der Waals surface area contributed by atoms with Crippen molar-refractivity contribution < 1.29 is 19.1 Å². The van der Waals surface area contributed by atoms with Crippen molar-refractivity contribution in [1.29, 1.82) is 0 Å². The zero-order chi connectivity index (χ0) is 28.6. The highest BCUT2D eigenvalue weighted by atomic mass is 35.5. The van der Waals surface area contributed by atoms with Gasteiger partial charge >= 0.3 is 0 Å². The number of anilines is 1. The monoisotopic (exact) mass is 572 g/mol. The lowest BCUT2D eigenvalue weighted by Crippen LogP contribution is -2.36. The Labute approximate surface area is 246 Å². The largest absolute Gasteiger partial charge is 0.496 e. The average Bonchev–Trinajstić information content (AvgIpc) is 2.95. The molecule has 9 heteroatoms. The summed E-state index contributed by atoms with van der Waals surface area (Å²) < 4.78 is 11.2. The molecule has 0 radical (unpaired) electrons. The fraction of sp³-hybridized carbons (Fsp3) is 0.156. The number of carbonyl (C=O) groups excluding carboxylic acids is 2. The first kappa shape index (κ1) is 30.7. The first-order chi connectivity index (χ1) is 19.2. The van der Waals surface area contributed by atoms with Gasteiger partial charge in [-0.05, 0) is 91.6 Å². The van der Waals surface area contributed by atoms with Crippen LogP contribution in [0, 0.1) is 20.8 Å². The molecule has 2 amide bonds. The molecule has 4 aromatic carbocycles. The van der Waals surface area contributed by atoms with E-state index in [-0.39, 0.29) is 24.3 Å². The van der Waals surface area contributed by atoms with Crippen molar-refractivity contribution in [3.63, 3.8) is 0 Å². The molecule has 0 spiro atoms. The van der Waals surface area contributed by atoms with Gasteiger partial charge in [0.05, 0.1) is 12.8 Å². The van der Waals surface area contributed by atoms with Gasteiger partial charge in [-0.15, -0.1) is 12.4 Å². The van der Waals surface area contributed by atoms with Gasteiger partial charge in [0.2, 0.25) is 5.96 Å². The van der Waals surface area contributed by atoms with Crippen LogP contribution in [0.4, 0.5) is 11.4 Å². The number of rotatable bonds is 8. The van der Waals surface area contributed by atoms with Crippen LogP contribution >= 0.6 is 12.4 Å². The third kappa shape index (κ3) is 8.09. The van der Waals surface area contributed by atoms with E-state index in [1.807, 2.05) is 57.2 Å². The maximum absolute atomic E-state index is 12.9. The molecule has 4 N–H and O–H groups in total. The molecule has 0 bridgehead atoms. The molecule has 0 aromatic heterocycles. The lowest BCUT2D eigenvalue weighted by atomic mass is 10.0. The average molecular weight is 573 g/mol. The lowest BCUT2D eigenvalue weighted by Gasteiger charge is -2.12. The van der Waals surface area contributed by atoms with Crippen LogP contribution in [0.3, 0.4) is 0 Å². The first-order valence-electron chi connectivity index (χ1n) is 12.7. The summed E-state index contributed by atoms with van der Waals surface area (Å²) in [5.41, 5.74) is 11.8. The Hall–Kier alpha value is -4.82. The predicted molar refractivity (Wildman–Crippen MR) is 165 cm³/mol. The highest BCUT2D eigenvalue weighted by Crippen LogP contribution is 2.25. The SMILES string of the molecule is COc1cc(C(=O)NC(N)=Nc2ccc(C)c(NC(=O)c3ccc(OCc4ccccc4)cc3)c2)cc(C)c1C.Cl. The molecule has 0 atom stereocenters. The van der Waals surface area contributed by atoms with Crippen LogP contribution in [0.15, 0.2) is 89.9 Å². The number of ether oxygens (including phenoxy) is 2. The molecule has 0 aliphatic carbocycles. The van der Waals surface area contributed by atoms with Crippen LogP contribution < -0.4 is 25.8 Å². The second-order valence-corrected chi connectivity index (χ2v) is 9.32. The van der Waals surface area contributed by atoms with Gasteiger partial charge in [0.15, 0.2) is 0 Å². The lowest BCUT2D eigenvalue weighted by molar-refractivity contribution is 0.0975. The number of aryl methyl sites for hydroxylation is 2. The molecule has 0 saturated heterocycles. The van der Waals surface area contributed by atoms with E-state index in [0.717, 1.165) is 22.3 Å². The Morgan fingerprint density at radius 2 is 1.54 bits per heavy atom. The summed E-state index contributed by atoms with van der Waals surface area (Å²) in [6.07, 6.45) is 0. The summed E-state index contributed by atoms with van der Waals surface area (Å²) in [6, 6.07) is 25.5. The molecule has 0 fully saturated rings. The van der Waals surface area contributed by atoms with Gasteiger partial charge in [-0.25, -0.2) is 4.99 Å². The summed E-state index contributed by atoms with van der Waals surface area (Å²) in [7, 11) is 1.56. The molecule has 212 valence electrons. The molecular formula is C32H33ClN4O4. The van der Waals surface area contributed by atoms with Crippen molar-refractivity contribution in [2.45, 2.75) is 27.4 Å². The molecule has 0 aliphatic rings. The van der Waals surface area contributed by atoms with Crippen LogP contribution in [0.5, 0.6) is 11.5 Å². The van der Waals surface area contributed by atoms with E-state index in [1.54, 1.807) is 55.6 Å². The number of amides is 2. The maximum atomic E-state index is 12.9. The third-order valence-corrected chi connectivity index (χ3v) is 6.43. The van der Waals surface area contributed by atoms with Crippen LogP contribution in [0.2, 0.25) is 0 Å². The minimum Gasteiger partial charge on any atom is -0.496 e. The highest BCUT2D eigenvalue weighted by molar-refractivity contribution is 6.07. The van der Waals surface area contributed by atoms with Crippen molar-refractivity contribution in [2.24, 2.45) is 10.7 Å². The maximum Gasteiger partial charge on any atom is 0.258 e. The summed E-state index contributed by atoms with van der Waals surface area (Å²) in [5.74, 6) is 0.538. The third-order valence-electron chi connectivity index (χ3n) is 6.43. The number of halogens is 1. The van der Waals surface area contributed by atoms with E-state index in [9.17, 15) is 9.59 Å². The van der Waals surface area contributed by atoms with Crippen molar-refractivity contribution in [3.8, 4) is 11.5 Å². The van der Waals surface area contributed by atoms with E-state index in [1.165, 1.54) is 0 Å². The highest BCUT2D eigenvalue weighted by Gasteiger charge is 2.13. The number of nitrogens with zero attached hydrogens (tertiary/aromatic N) is 1. The molecular weight excluding hydrogens is 540 g/mol. The van der Waals surface area contributed by atoms with Crippen LogP contribution in [0.1, 0.15) is 43.0 Å². The molecule has 0 saturated carbocycles. The number of hydrogen-bond acceptors (Lipinski definition) is 5. The van der Waals surface area contributed by atoms with Crippen molar-refractivity contribution in [3.05, 3.63) is 118 Å². The van der Waals surface area contributed by atoms with Crippen LogP contribution in [-0.2, 0) is 6.61 Å². The van der Waals surface area contributed by atoms with E-state index in [4.69, 9.17) is 15.2 Å². The number of guanidine groups is 1. The van der Waals surface area contributed by atoms with E-state index < -0.39 is 5.91 Å². The Kier molecular flexibility index (Phi) is 10.5. The second kappa shape index (κ2) is 14.0. The summed E-state index contributed by atoms with van der Waals surface area (Å²) in [4.78, 5) is 30.0. The summed E-state index contributed by atoms with van der Waals surface area (Å²) >= 11 is 0. The smallest absolute Gasteiger partial charge is 0.258 e. The Balaban J connectivity index is 0.00000462. The fourth-order valence-electron chi connectivity index (χ4n) is 3.98. The van der Waals surface area contributed by atoms with E-state index in [0.29, 0.717) is 40.6 Å². The van der Waals surface area contributed by atoms with Crippen LogP contribution in [0.25, 0.3) is 0 Å². The van der Waals surface area contributed by atoms with E-state index >= 15 is 0 Å². The number of nitrogens with two attached hydrogens (primary N) is 1. The molecule has 4 aromatic rings. The standard InChI is InChI=1S/C32H32N4O4.ClH/c1-20-10-13-26(34-32(33)36-31(38)25-16-21(2)22(3)29(17-25)39-4)18-28(20)35-30(37)24-11-14-27(15-12-24)40-19-23-8-6-5-7-9-23;/h5-18H,19H2,1-4H3,(H,35,37)(H3,33,34,36,38);1H. The predicted octanol–water partition coefficient (Wildman–Crippen LogP) is 6.25. The van der Waals surface area contributed by atoms with Gasteiger partial charge in [-0.3, -0.25) is 14.9 Å². The van der Waals surface area contributed by atoms with Gasteiger partial charge in [0, 0.05) is 16.8 Å². The number of benzene rings is 4. The van der Waals surface area contributed by atoms with Gasteiger partial charge in [0.1, 0.15) is 18.1 Å². The number of hydrogen-bond donors (Lipinski definition) is 3. The van der Waals surface area contributed by atoms with Crippen molar-refractivity contribution in [2.75, 3.05) is 12.4 Å². The molecule has 0 aliphatic heterocycles. The van der Waals surface area contributed by atoms with Gasteiger partial charge < -0.3 is 20.5 Å². The van der Waals surface area contributed by atoms with Crippen LogP contribution in [-0.4, -0.2) is 24.9 Å². The summed E-state index contributed by atoms with van der Waals surface area (Å²) in [5, 5.41) is 5.52. The molecule has 0 heterocycles. The zero-order valence-electron chi connectivity index (χ0n) is 23.4. The fourth-order valence-corrected chi connectivity index (χ4v) is 3.98. The Morgan fingerprint density at radius 1 is 0.829 bits per heavy atom. The van der Waals surface area contributed by atoms with E-state index in [2.05, 4.69) is 15.6 Å². The number of aliphatic imine (C=N–C) groups is 1. The molecule has 8 nitrogen and oxygen atoms in total. The first-order valence-corrected chi connectivity index (χ1v) is 12.7. The van der Waals surface area contributed by atoms with Gasteiger partial charge in [0.25, 0.3) is 11.8 Å². The minimum absolute atomic E-state index is 0. The Bertz CT molecular complexity index is 1550. The summed E-state index contributed by atoms with van der Waals surface area (Å²) in [6.45, 7) is 6.15. The number of carbonyl (C=O) groups is 2. The molecule has 0 unspecified atom stereocenters. The number of methoxy groups -OCH3 is 1. The zero-order valence-corrected chi connectivity index (χ0v) is 24.2. The molecule has 4 rings (SSSR count). The minimum atomic E-state index is -0.403. The van der Waals surface area contributed by atoms with Gasteiger partial charge in [-0.1, -0.05) is 36.4 Å². The normalized spacial score (nSPS) is 10.8. The molecule has 41 heavy (non-hydrogen) atoms. The topological polar surface area (TPSA) is 115 Å².